The maximum atomic E-state index is 12.0. The highest BCUT2D eigenvalue weighted by atomic mass is 16.5. The predicted molar refractivity (Wildman–Crippen MR) is 68.4 cm³/mol. The van der Waals surface area contributed by atoms with Crippen LogP contribution < -0.4 is 4.74 Å². The van der Waals surface area contributed by atoms with Gasteiger partial charge in [0.2, 0.25) is 0 Å². The molecular formula is C15H18O2. The molecule has 0 radical (unpaired) electrons. The molecule has 0 aliphatic heterocycles. The van der Waals surface area contributed by atoms with Gasteiger partial charge in [-0.15, -0.1) is 0 Å². The lowest BCUT2D eigenvalue weighted by Gasteiger charge is -2.15. The average molecular weight is 230 g/mol. The first-order valence-electron chi connectivity index (χ1n) is 6.13. The van der Waals surface area contributed by atoms with Gasteiger partial charge in [-0.1, -0.05) is 12.2 Å². The van der Waals surface area contributed by atoms with Crippen molar-refractivity contribution in [1.82, 2.24) is 0 Å². The third-order valence-corrected chi connectivity index (χ3v) is 3.21. The van der Waals surface area contributed by atoms with Crippen molar-refractivity contribution < 1.29 is 9.53 Å². The van der Waals surface area contributed by atoms with Crippen molar-refractivity contribution in [3.05, 3.63) is 42.0 Å². The number of ether oxygens (including phenoxy) is 1. The summed E-state index contributed by atoms with van der Waals surface area (Å²) in [6.07, 6.45) is 8.51. The van der Waals surface area contributed by atoms with Crippen LogP contribution >= 0.6 is 0 Å². The molecular weight excluding hydrogens is 212 g/mol. The van der Waals surface area contributed by atoms with Crippen molar-refractivity contribution in [2.45, 2.75) is 25.7 Å². The van der Waals surface area contributed by atoms with Crippen LogP contribution in [0.25, 0.3) is 0 Å². The number of rotatable bonds is 4. The topological polar surface area (TPSA) is 26.3 Å². The van der Waals surface area contributed by atoms with Gasteiger partial charge >= 0.3 is 0 Å². The number of allylic oxidation sites excluding steroid dienone is 2. The fourth-order valence-electron chi connectivity index (χ4n) is 2.19. The summed E-state index contributed by atoms with van der Waals surface area (Å²) in [7, 11) is 1.63. The van der Waals surface area contributed by atoms with Crippen LogP contribution in [0.3, 0.4) is 0 Å². The van der Waals surface area contributed by atoms with E-state index < -0.39 is 0 Å². The van der Waals surface area contributed by atoms with Gasteiger partial charge in [0.05, 0.1) is 7.11 Å². The lowest BCUT2D eigenvalue weighted by molar-refractivity contribution is 0.0966. The molecule has 1 aromatic rings. The minimum atomic E-state index is 0.226. The van der Waals surface area contributed by atoms with E-state index in [0.717, 1.165) is 24.2 Å². The van der Waals surface area contributed by atoms with Crippen LogP contribution in [0.2, 0.25) is 0 Å². The number of Topliss-reactive ketones (excluding diaryl/α,β-unsaturated/α-hetero) is 1. The normalized spacial score (nSPS) is 19.0. The van der Waals surface area contributed by atoms with Gasteiger partial charge in [-0.25, -0.2) is 0 Å². The Balaban J connectivity index is 1.98. The molecule has 0 saturated heterocycles. The first kappa shape index (κ1) is 11.9. The summed E-state index contributed by atoms with van der Waals surface area (Å²) in [5.74, 6) is 1.45. The Hall–Kier alpha value is -1.57. The molecule has 0 heterocycles. The molecule has 0 bridgehead atoms. The van der Waals surface area contributed by atoms with E-state index in [2.05, 4.69) is 12.2 Å². The minimum absolute atomic E-state index is 0.226. The first-order valence-corrected chi connectivity index (χ1v) is 6.13. The van der Waals surface area contributed by atoms with E-state index in [0.29, 0.717) is 12.3 Å². The summed E-state index contributed by atoms with van der Waals surface area (Å²) in [4.78, 5) is 12.0. The van der Waals surface area contributed by atoms with E-state index in [4.69, 9.17) is 4.74 Å². The van der Waals surface area contributed by atoms with Crippen molar-refractivity contribution in [2.24, 2.45) is 5.92 Å². The zero-order valence-corrected chi connectivity index (χ0v) is 10.2. The zero-order chi connectivity index (χ0) is 12.1. The molecule has 1 aromatic carbocycles. The summed E-state index contributed by atoms with van der Waals surface area (Å²) in [6, 6.07) is 7.36. The third kappa shape index (κ3) is 3.19. The van der Waals surface area contributed by atoms with Gasteiger partial charge in [0.25, 0.3) is 0 Å². The summed E-state index contributed by atoms with van der Waals surface area (Å²) >= 11 is 0. The Kier molecular flexibility index (Phi) is 3.97. The molecule has 0 spiro atoms. The largest absolute Gasteiger partial charge is 0.497 e. The molecule has 0 aromatic heterocycles. The van der Waals surface area contributed by atoms with Crippen LogP contribution in [0.1, 0.15) is 36.0 Å². The minimum Gasteiger partial charge on any atom is -0.497 e. The first-order chi connectivity index (χ1) is 8.29. The van der Waals surface area contributed by atoms with Crippen LogP contribution in [-0.4, -0.2) is 12.9 Å². The van der Waals surface area contributed by atoms with Gasteiger partial charge in [-0.3, -0.25) is 4.79 Å². The second-order valence-corrected chi connectivity index (χ2v) is 4.47. The number of methoxy groups -OCH3 is 1. The second-order valence-electron chi connectivity index (χ2n) is 4.47. The van der Waals surface area contributed by atoms with Crippen LogP contribution in [0.4, 0.5) is 0 Å². The molecule has 2 nitrogen and oxygen atoms in total. The molecule has 0 amide bonds. The van der Waals surface area contributed by atoms with Crippen molar-refractivity contribution in [3.8, 4) is 5.75 Å². The SMILES string of the molecule is COc1ccc(C(=O)CC2C=CCCC2)cc1. The highest BCUT2D eigenvalue weighted by Crippen LogP contribution is 2.22. The van der Waals surface area contributed by atoms with Gasteiger partial charge < -0.3 is 4.74 Å². The Morgan fingerprint density at radius 3 is 2.71 bits per heavy atom. The standard InChI is InChI=1S/C15H18O2/c1-17-14-9-7-13(8-10-14)15(16)11-12-5-3-2-4-6-12/h3,5,7-10,12H,2,4,6,11H2,1H3. The van der Waals surface area contributed by atoms with E-state index >= 15 is 0 Å². The smallest absolute Gasteiger partial charge is 0.163 e. The maximum Gasteiger partial charge on any atom is 0.163 e. The van der Waals surface area contributed by atoms with E-state index in [-0.39, 0.29) is 5.78 Å². The molecule has 17 heavy (non-hydrogen) atoms. The Morgan fingerprint density at radius 1 is 1.35 bits per heavy atom. The molecule has 1 atom stereocenters. The molecule has 0 N–H and O–H groups in total. The van der Waals surface area contributed by atoms with Gasteiger partial charge in [-0.05, 0) is 49.4 Å². The van der Waals surface area contributed by atoms with E-state index in [1.54, 1.807) is 7.11 Å². The molecule has 2 rings (SSSR count). The van der Waals surface area contributed by atoms with Crippen molar-refractivity contribution in [2.75, 3.05) is 7.11 Å². The summed E-state index contributed by atoms with van der Waals surface area (Å²) in [5, 5.41) is 0. The quantitative estimate of drug-likeness (QED) is 0.583. The highest BCUT2D eigenvalue weighted by Gasteiger charge is 2.14. The fourth-order valence-corrected chi connectivity index (χ4v) is 2.19. The number of carbonyl (C=O) groups is 1. The average Bonchev–Trinajstić information content (AvgIpc) is 2.40. The Labute approximate surface area is 102 Å². The second kappa shape index (κ2) is 5.67. The molecule has 0 fully saturated rings. The van der Waals surface area contributed by atoms with Crippen LogP contribution in [0, 0.1) is 5.92 Å². The maximum absolute atomic E-state index is 12.0. The van der Waals surface area contributed by atoms with Gasteiger partial charge in [0.1, 0.15) is 5.75 Å². The number of hydrogen-bond donors (Lipinski definition) is 0. The molecule has 1 aliphatic rings. The van der Waals surface area contributed by atoms with E-state index in [9.17, 15) is 4.79 Å². The van der Waals surface area contributed by atoms with Crippen LogP contribution in [0.5, 0.6) is 5.75 Å². The Morgan fingerprint density at radius 2 is 2.12 bits per heavy atom. The van der Waals surface area contributed by atoms with E-state index in [1.807, 2.05) is 24.3 Å². The lowest BCUT2D eigenvalue weighted by Crippen LogP contribution is -2.09. The third-order valence-electron chi connectivity index (χ3n) is 3.21. The van der Waals surface area contributed by atoms with Crippen molar-refractivity contribution in [1.29, 1.82) is 0 Å². The monoisotopic (exact) mass is 230 g/mol. The lowest BCUT2D eigenvalue weighted by atomic mass is 9.90. The number of ketones is 1. The fraction of sp³-hybridized carbons (Fsp3) is 0.400. The zero-order valence-electron chi connectivity index (χ0n) is 10.2. The predicted octanol–water partition coefficient (Wildman–Crippen LogP) is 3.62. The van der Waals surface area contributed by atoms with Crippen molar-refractivity contribution in [3.63, 3.8) is 0 Å². The number of hydrogen-bond acceptors (Lipinski definition) is 2. The molecule has 0 saturated carbocycles. The van der Waals surface area contributed by atoms with Gasteiger partial charge in [0.15, 0.2) is 5.78 Å². The number of carbonyl (C=O) groups excluding carboxylic acids is 1. The molecule has 1 aliphatic carbocycles. The Bertz CT molecular complexity index is 403. The summed E-state index contributed by atoms with van der Waals surface area (Å²) in [5.41, 5.74) is 0.782. The molecule has 2 heteroatoms. The number of benzene rings is 1. The highest BCUT2D eigenvalue weighted by molar-refractivity contribution is 5.96. The molecule has 90 valence electrons. The van der Waals surface area contributed by atoms with Gasteiger partial charge in [0, 0.05) is 12.0 Å². The van der Waals surface area contributed by atoms with Gasteiger partial charge in [-0.2, -0.15) is 0 Å². The summed E-state index contributed by atoms with van der Waals surface area (Å²) in [6.45, 7) is 0. The summed E-state index contributed by atoms with van der Waals surface area (Å²) < 4.78 is 5.08. The molecule has 1 unspecified atom stereocenters. The van der Waals surface area contributed by atoms with Crippen molar-refractivity contribution >= 4 is 5.78 Å². The van der Waals surface area contributed by atoms with E-state index in [1.165, 1.54) is 6.42 Å². The van der Waals surface area contributed by atoms with Crippen LogP contribution in [0.15, 0.2) is 36.4 Å². The van der Waals surface area contributed by atoms with Crippen LogP contribution in [-0.2, 0) is 0 Å².